The molecule has 23 heavy (non-hydrogen) atoms. The summed E-state index contributed by atoms with van der Waals surface area (Å²) in [4.78, 5) is 23.2. The van der Waals surface area contributed by atoms with E-state index in [4.69, 9.17) is 11.5 Å². The van der Waals surface area contributed by atoms with Crippen LogP contribution in [0.5, 0.6) is 0 Å². The number of nitrogens with two attached hydrogens (primary N) is 2. The molecule has 0 aliphatic heterocycles. The van der Waals surface area contributed by atoms with Gasteiger partial charge in [-0.3, -0.25) is 0 Å². The molecule has 0 aliphatic rings. The Kier molecular flexibility index (Phi) is 6.72. The fourth-order valence-electron chi connectivity index (χ4n) is 3.07. The smallest absolute Gasteiger partial charge is 0.336 e. The largest absolute Gasteiger partial charge is 0.478 e. The van der Waals surface area contributed by atoms with Crippen LogP contribution >= 0.6 is 0 Å². The van der Waals surface area contributed by atoms with Gasteiger partial charge >= 0.3 is 11.9 Å². The van der Waals surface area contributed by atoms with Crippen molar-refractivity contribution in [2.75, 3.05) is 6.54 Å². The summed E-state index contributed by atoms with van der Waals surface area (Å²) in [7, 11) is 0. The fourth-order valence-corrected chi connectivity index (χ4v) is 3.07. The van der Waals surface area contributed by atoms with E-state index in [1.165, 1.54) is 0 Å². The number of carboxylic acids is 2. The maximum atomic E-state index is 11.7. The highest BCUT2D eigenvalue weighted by atomic mass is 16.4. The van der Waals surface area contributed by atoms with Crippen LogP contribution in [0.1, 0.15) is 74.7 Å². The predicted molar refractivity (Wildman–Crippen MR) is 89.0 cm³/mol. The van der Waals surface area contributed by atoms with Crippen LogP contribution < -0.4 is 11.5 Å². The van der Waals surface area contributed by atoms with Gasteiger partial charge in [0, 0.05) is 6.04 Å². The Labute approximate surface area is 136 Å². The van der Waals surface area contributed by atoms with Crippen LogP contribution in [0.15, 0.2) is 0 Å². The number of rotatable bonds is 8. The molecule has 0 bridgehead atoms. The van der Waals surface area contributed by atoms with Gasteiger partial charge in [0.15, 0.2) is 0 Å². The average molecular weight is 322 g/mol. The highest BCUT2D eigenvalue weighted by Crippen LogP contribution is 2.32. The van der Waals surface area contributed by atoms with Crippen LogP contribution in [-0.4, -0.2) is 28.7 Å². The first-order valence-electron chi connectivity index (χ1n) is 7.79. The molecule has 0 saturated carbocycles. The van der Waals surface area contributed by atoms with Crippen LogP contribution in [0.4, 0.5) is 0 Å². The standard InChI is InChI=1S/C17H26N2O4/c1-9-10(2)15(17(22)23)14(11(3)13(9)16(20)21)12(19)7-5-4-6-8-18/h12H,4-8,18-19H2,1-3H3,(H,20,21)(H,22,23). The van der Waals surface area contributed by atoms with Crippen molar-refractivity contribution in [3.8, 4) is 0 Å². The van der Waals surface area contributed by atoms with E-state index in [0.717, 1.165) is 19.3 Å². The average Bonchev–Trinajstić information content (AvgIpc) is 2.46. The minimum Gasteiger partial charge on any atom is -0.478 e. The Morgan fingerprint density at radius 1 is 0.913 bits per heavy atom. The minimum absolute atomic E-state index is 0.135. The molecule has 0 fully saturated rings. The molecule has 0 spiro atoms. The molecule has 0 aromatic heterocycles. The third-order valence-electron chi connectivity index (χ3n) is 4.38. The van der Waals surface area contributed by atoms with Crippen molar-refractivity contribution in [3.63, 3.8) is 0 Å². The molecule has 6 N–H and O–H groups in total. The van der Waals surface area contributed by atoms with Crippen LogP contribution in [-0.2, 0) is 0 Å². The maximum Gasteiger partial charge on any atom is 0.336 e. The monoisotopic (exact) mass is 322 g/mol. The van der Waals surface area contributed by atoms with Crippen molar-refractivity contribution >= 4 is 11.9 Å². The zero-order valence-electron chi connectivity index (χ0n) is 14.0. The van der Waals surface area contributed by atoms with Crippen molar-refractivity contribution in [2.45, 2.75) is 52.5 Å². The molecule has 0 saturated heterocycles. The second-order valence-electron chi connectivity index (χ2n) is 5.89. The third kappa shape index (κ3) is 4.09. The van der Waals surface area contributed by atoms with Crippen LogP contribution in [0, 0.1) is 20.8 Å². The van der Waals surface area contributed by atoms with E-state index < -0.39 is 18.0 Å². The molecule has 1 aromatic carbocycles. The summed E-state index contributed by atoms with van der Waals surface area (Å²) in [6.45, 7) is 5.52. The maximum absolute atomic E-state index is 11.7. The van der Waals surface area contributed by atoms with Crippen LogP contribution in [0.2, 0.25) is 0 Å². The summed E-state index contributed by atoms with van der Waals surface area (Å²) in [5, 5.41) is 19.0. The lowest BCUT2D eigenvalue weighted by atomic mass is 9.84. The number of hydrogen-bond acceptors (Lipinski definition) is 4. The number of unbranched alkanes of at least 4 members (excludes halogenated alkanes) is 2. The number of benzene rings is 1. The van der Waals surface area contributed by atoms with E-state index in [0.29, 0.717) is 35.2 Å². The number of aromatic carboxylic acids is 2. The summed E-state index contributed by atoms with van der Waals surface area (Å²) in [5.74, 6) is -2.13. The predicted octanol–water partition coefficient (Wildman–Crippen LogP) is 2.53. The topological polar surface area (TPSA) is 127 Å². The van der Waals surface area contributed by atoms with E-state index >= 15 is 0 Å². The quantitative estimate of drug-likeness (QED) is 0.545. The van der Waals surface area contributed by atoms with Gasteiger partial charge in [0.25, 0.3) is 0 Å². The first-order chi connectivity index (χ1) is 10.7. The normalized spacial score (nSPS) is 12.2. The lowest BCUT2D eigenvalue weighted by Gasteiger charge is -2.23. The number of carboxylic acid groups (broad SMARTS) is 2. The van der Waals surface area contributed by atoms with Gasteiger partial charge in [-0.2, -0.15) is 0 Å². The molecule has 6 nitrogen and oxygen atoms in total. The zero-order chi connectivity index (χ0) is 17.7. The Bertz CT molecular complexity index is 611. The van der Waals surface area contributed by atoms with Crippen molar-refractivity contribution in [1.82, 2.24) is 0 Å². The van der Waals surface area contributed by atoms with Crippen molar-refractivity contribution in [2.24, 2.45) is 11.5 Å². The van der Waals surface area contributed by atoms with E-state index in [1.807, 2.05) is 0 Å². The molecule has 1 rings (SSSR count). The SMILES string of the molecule is Cc1c(C)c(C(=O)O)c(C(N)CCCCCN)c(C)c1C(=O)O. The summed E-state index contributed by atoms with van der Waals surface area (Å²) < 4.78 is 0. The molecule has 0 aliphatic carbocycles. The molecular weight excluding hydrogens is 296 g/mol. The van der Waals surface area contributed by atoms with Crippen molar-refractivity contribution in [1.29, 1.82) is 0 Å². The van der Waals surface area contributed by atoms with E-state index in [-0.39, 0.29) is 11.1 Å². The van der Waals surface area contributed by atoms with Gasteiger partial charge in [-0.15, -0.1) is 0 Å². The first kappa shape index (κ1) is 19.1. The minimum atomic E-state index is -1.07. The van der Waals surface area contributed by atoms with Crippen LogP contribution in [0.3, 0.4) is 0 Å². The Hall–Kier alpha value is -1.92. The lowest BCUT2D eigenvalue weighted by Crippen LogP contribution is -2.21. The van der Waals surface area contributed by atoms with Gasteiger partial charge < -0.3 is 21.7 Å². The molecule has 0 heterocycles. The molecule has 0 radical (unpaired) electrons. The first-order valence-corrected chi connectivity index (χ1v) is 7.79. The van der Waals surface area contributed by atoms with E-state index in [1.54, 1.807) is 20.8 Å². The summed E-state index contributed by atoms with van der Waals surface area (Å²) in [5.41, 5.74) is 13.8. The Morgan fingerprint density at radius 3 is 1.91 bits per heavy atom. The molecular formula is C17H26N2O4. The summed E-state index contributed by atoms with van der Waals surface area (Å²) >= 11 is 0. The fraction of sp³-hybridized carbons (Fsp3) is 0.529. The van der Waals surface area contributed by atoms with Gasteiger partial charge in [-0.25, -0.2) is 9.59 Å². The number of carbonyl (C=O) groups is 2. The highest BCUT2D eigenvalue weighted by molar-refractivity contribution is 5.98. The summed E-state index contributed by atoms with van der Waals surface area (Å²) in [6, 6.07) is -0.503. The van der Waals surface area contributed by atoms with Gasteiger partial charge in [0.05, 0.1) is 11.1 Å². The van der Waals surface area contributed by atoms with Gasteiger partial charge in [0.2, 0.25) is 0 Å². The Balaban J connectivity index is 3.38. The van der Waals surface area contributed by atoms with Crippen LogP contribution in [0.25, 0.3) is 0 Å². The lowest BCUT2D eigenvalue weighted by molar-refractivity contribution is 0.0677. The van der Waals surface area contributed by atoms with Gasteiger partial charge in [-0.05, 0) is 62.4 Å². The van der Waals surface area contributed by atoms with Crippen molar-refractivity contribution in [3.05, 3.63) is 33.4 Å². The van der Waals surface area contributed by atoms with Gasteiger partial charge in [0.1, 0.15) is 0 Å². The van der Waals surface area contributed by atoms with E-state index in [9.17, 15) is 19.8 Å². The highest BCUT2D eigenvalue weighted by Gasteiger charge is 2.27. The third-order valence-corrected chi connectivity index (χ3v) is 4.38. The molecule has 1 aromatic rings. The zero-order valence-corrected chi connectivity index (χ0v) is 14.0. The number of hydrogen-bond donors (Lipinski definition) is 4. The molecule has 1 atom stereocenters. The van der Waals surface area contributed by atoms with Gasteiger partial charge in [-0.1, -0.05) is 12.8 Å². The molecule has 0 amide bonds. The molecule has 128 valence electrons. The molecule has 6 heteroatoms. The second kappa shape index (κ2) is 8.08. The van der Waals surface area contributed by atoms with E-state index in [2.05, 4.69) is 0 Å². The van der Waals surface area contributed by atoms with Crippen molar-refractivity contribution < 1.29 is 19.8 Å². The molecule has 1 unspecified atom stereocenters. The Morgan fingerprint density at radius 2 is 1.43 bits per heavy atom. The second-order valence-corrected chi connectivity index (χ2v) is 5.89. The summed E-state index contributed by atoms with van der Waals surface area (Å²) in [6.07, 6.45) is 3.24.